The number of hydrogen-bond acceptors (Lipinski definition) is 4. The molecule has 1 atom stereocenters. The van der Waals surface area contributed by atoms with Crippen molar-refractivity contribution in [2.24, 2.45) is 10.9 Å². The minimum Gasteiger partial charge on any atom is -0.357 e. The van der Waals surface area contributed by atoms with Gasteiger partial charge in [0.15, 0.2) is 5.96 Å². The topological polar surface area (TPSA) is 56.7 Å². The maximum absolute atomic E-state index is 12.7. The molecule has 5 nitrogen and oxygen atoms in total. The van der Waals surface area contributed by atoms with Crippen LogP contribution >= 0.6 is 47.1 Å². The van der Waals surface area contributed by atoms with Gasteiger partial charge in [0.05, 0.1) is 6.54 Å². The molecule has 1 amide bonds. The Labute approximate surface area is 200 Å². The zero-order valence-electron chi connectivity index (χ0n) is 17.6. The number of nitrogens with one attached hydrogen (secondary N) is 2. The van der Waals surface area contributed by atoms with E-state index in [1.54, 1.807) is 11.3 Å². The molecule has 0 aromatic carbocycles. The van der Waals surface area contributed by atoms with E-state index >= 15 is 0 Å². The van der Waals surface area contributed by atoms with Gasteiger partial charge in [-0.15, -0.1) is 35.3 Å². The monoisotopic (exact) mass is 550 g/mol. The van der Waals surface area contributed by atoms with E-state index < -0.39 is 0 Å². The summed E-state index contributed by atoms with van der Waals surface area (Å²) < 4.78 is 0. The average molecular weight is 551 g/mol. The molecule has 1 aliphatic heterocycles. The molecule has 2 aliphatic rings. The molecule has 1 saturated carbocycles. The summed E-state index contributed by atoms with van der Waals surface area (Å²) in [5, 5.41) is 9.12. The number of amides is 1. The number of guanidine groups is 1. The van der Waals surface area contributed by atoms with E-state index in [9.17, 15) is 4.79 Å². The van der Waals surface area contributed by atoms with Gasteiger partial charge in [-0.25, -0.2) is 0 Å². The molecule has 3 rings (SSSR count). The summed E-state index contributed by atoms with van der Waals surface area (Å²) in [4.78, 5) is 21.0. The lowest BCUT2D eigenvalue weighted by atomic mass is 9.85. The third kappa shape index (κ3) is 7.61. The van der Waals surface area contributed by atoms with E-state index in [2.05, 4.69) is 46.9 Å². The fourth-order valence-electron chi connectivity index (χ4n) is 3.93. The number of carbonyl (C=O) groups excluding carboxylic acids is 1. The molecule has 2 fully saturated rings. The third-order valence-electron chi connectivity index (χ3n) is 5.64. The van der Waals surface area contributed by atoms with Gasteiger partial charge < -0.3 is 15.5 Å². The summed E-state index contributed by atoms with van der Waals surface area (Å²) in [6.07, 6.45) is 4.07. The number of hydrogen-bond donors (Lipinski definition) is 2. The van der Waals surface area contributed by atoms with E-state index in [0.717, 1.165) is 69.3 Å². The molecule has 1 saturated heterocycles. The van der Waals surface area contributed by atoms with Crippen molar-refractivity contribution in [1.82, 2.24) is 15.5 Å². The molecule has 0 spiro atoms. The van der Waals surface area contributed by atoms with E-state index in [4.69, 9.17) is 4.99 Å². The molecule has 2 heterocycles. The second-order valence-corrected chi connectivity index (χ2v) is 9.97. The molecule has 8 heteroatoms. The fourth-order valence-corrected chi connectivity index (χ4v) is 5.61. The maximum atomic E-state index is 12.7. The molecule has 29 heavy (non-hydrogen) atoms. The van der Waals surface area contributed by atoms with Crippen LogP contribution in [0.25, 0.3) is 0 Å². The average Bonchev–Trinajstić information content (AvgIpc) is 3.28. The van der Waals surface area contributed by atoms with Gasteiger partial charge in [-0.05, 0) is 44.1 Å². The van der Waals surface area contributed by atoms with Crippen molar-refractivity contribution in [1.29, 1.82) is 0 Å². The summed E-state index contributed by atoms with van der Waals surface area (Å²) in [6, 6.07) is 4.70. The van der Waals surface area contributed by atoms with Crippen LogP contribution in [0, 0.1) is 5.92 Å². The quantitative estimate of drug-likeness (QED) is 0.318. The van der Waals surface area contributed by atoms with E-state index in [0.29, 0.717) is 17.9 Å². The Morgan fingerprint density at radius 3 is 2.62 bits per heavy atom. The molecule has 1 aromatic heterocycles. The van der Waals surface area contributed by atoms with Crippen molar-refractivity contribution >= 4 is 58.9 Å². The van der Waals surface area contributed by atoms with Crippen LogP contribution in [-0.4, -0.2) is 60.5 Å². The minimum atomic E-state index is 0. The third-order valence-corrected chi connectivity index (χ3v) is 7.68. The van der Waals surface area contributed by atoms with Crippen molar-refractivity contribution in [2.75, 3.05) is 37.7 Å². The second-order valence-electron chi connectivity index (χ2n) is 7.77. The van der Waals surface area contributed by atoms with Crippen molar-refractivity contribution < 1.29 is 4.79 Å². The number of carbonyl (C=O) groups is 1. The van der Waals surface area contributed by atoms with Crippen LogP contribution in [-0.2, 0) is 4.79 Å². The number of aliphatic imine (C=N–C) groups is 1. The van der Waals surface area contributed by atoms with Crippen molar-refractivity contribution in [2.45, 2.75) is 51.5 Å². The Morgan fingerprint density at radius 2 is 2.00 bits per heavy atom. The van der Waals surface area contributed by atoms with Crippen molar-refractivity contribution in [3.8, 4) is 0 Å². The number of thioether (sulfide) groups is 1. The van der Waals surface area contributed by atoms with Gasteiger partial charge in [0, 0.05) is 53.9 Å². The summed E-state index contributed by atoms with van der Waals surface area (Å²) in [6.45, 7) is 7.85. The van der Waals surface area contributed by atoms with Crippen molar-refractivity contribution in [3.63, 3.8) is 0 Å². The molecular weight excluding hydrogens is 515 g/mol. The number of thiophene rings is 1. The predicted molar refractivity (Wildman–Crippen MR) is 137 cm³/mol. The van der Waals surface area contributed by atoms with E-state index in [1.807, 2.05) is 11.8 Å². The lowest BCUT2D eigenvalue weighted by Crippen LogP contribution is -2.47. The normalized spacial score (nSPS) is 23.8. The molecule has 1 aromatic rings. The molecule has 164 valence electrons. The van der Waals surface area contributed by atoms with Crippen molar-refractivity contribution in [3.05, 3.63) is 22.4 Å². The van der Waals surface area contributed by atoms with Gasteiger partial charge in [-0.1, -0.05) is 13.0 Å². The zero-order valence-corrected chi connectivity index (χ0v) is 21.5. The van der Waals surface area contributed by atoms with Gasteiger partial charge in [0.1, 0.15) is 0 Å². The smallest absolute Gasteiger partial charge is 0.225 e. The minimum absolute atomic E-state index is 0. The first-order valence-electron chi connectivity index (χ1n) is 10.6. The Bertz CT molecular complexity index is 627. The first-order chi connectivity index (χ1) is 13.7. The van der Waals surface area contributed by atoms with Crippen LogP contribution in [0.15, 0.2) is 22.5 Å². The van der Waals surface area contributed by atoms with Crippen LogP contribution in [0.2, 0.25) is 0 Å². The van der Waals surface area contributed by atoms with Gasteiger partial charge in [-0.3, -0.25) is 9.79 Å². The summed E-state index contributed by atoms with van der Waals surface area (Å²) in [5.41, 5.74) is 0. The first kappa shape index (κ1) is 24.8. The first-order valence-corrected chi connectivity index (χ1v) is 12.7. The number of rotatable bonds is 6. The van der Waals surface area contributed by atoms with Gasteiger partial charge in [-0.2, -0.15) is 11.8 Å². The highest BCUT2D eigenvalue weighted by Gasteiger charge is 2.30. The summed E-state index contributed by atoms with van der Waals surface area (Å²) >= 11 is 3.76. The Balaban J connectivity index is 0.00000300. The zero-order chi connectivity index (χ0) is 19.8. The van der Waals surface area contributed by atoms with Crippen LogP contribution in [0.4, 0.5) is 0 Å². The predicted octanol–water partition coefficient (Wildman–Crippen LogP) is 4.16. The second kappa shape index (κ2) is 13.0. The molecule has 1 aliphatic carbocycles. The van der Waals surface area contributed by atoms with E-state index in [1.165, 1.54) is 4.88 Å². The van der Waals surface area contributed by atoms with Crippen LogP contribution in [0.1, 0.15) is 50.3 Å². The molecule has 0 bridgehead atoms. The Hall–Kier alpha value is -0.480. The summed E-state index contributed by atoms with van der Waals surface area (Å²) in [7, 11) is 0. The Kier molecular flexibility index (Phi) is 11.1. The van der Waals surface area contributed by atoms with Crippen LogP contribution < -0.4 is 10.6 Å². The van der Waals surface area contributed by atoms with Crippen LogP contribution in [0.5, 0.6) is 0 Å². The Morgan fingerprint density at radius 1 is 1.28 bits per heavy atom. The largest absolute Gasteiger partial charge is 0.357 e. The van der Waals surface area contributed by atoms with Gasteiger partial charge in [0.2, 0.25) is 5.91 Å². The van der Waals surface area contributed by atoms with Gasteiger partial charge in [0.25, 0.3) is 0 Å². The number of halogens is 1. The van der Waals surface area contributed by atoms with Gasteiger partial charge >= 0.3 is 0 Å². The SMILES string of the molecule is CCNC(=NCC(C)c1cccs1)NC1CCC(C(=O)N2CCSCC2)CC1.I. The number of nitrogens with zero attached hydrogens (tertiary/aromatic N) is 2. The molecule has 1 unspecified atom stereocenters. The maximum Gasteiger partial charge on any atom is 0.225 e. The highest BCUT2D eigenvalue weighted by molar-refractivity contribution is 14.0. The fraction of sp³-hybridized carbons (Fsp3) is 0.714. The standard InChI is InChI=1S/C21H34N4OS2.HI/c1-3-22-21(23-15-16(2)19-5-4-12-28-19)24-18-8-6-17(7-9-18)20(26)25-10-13-27-14-11-25;/h4-5,12,16-18H,3,6-11,13-15H2,1-2H3,(H2,22,23,24);1H. The molecule has 2 N–H and O–H groups in total. The van der Waals surface area contributed by atoms with E-state index in [-0.39, 0.29) is 29.9 Å². The molecule has 0 radical (unpaired) electrons. The van der Waals surface area contributed by atoms with Crippen LogP contribution in [0.3, 0.4) is 0 Å². The molecular formula is C21H35IN4OS2. The highest BCUT2D eigenvalue weighted by atomic mass is 127. The lowest BCUT2D eigenvalue weighted by molar-refractivity contribution is -0.136. The summed E-state index contributed by atoms with van der Waals surface area (Å²) in [5.74, 6) is 4.15. The highest BCUT2D eigenvalue weighted by Crippen LogP contribution is 2.27. The lowest BCUT2D eigenvalue weighted by Gasteiger charge is -2.34.